The molecule has 0 heterocycles. The number of rotatable bonds is 8. The summed E-state index contributed by atoms with van der Waals surface area (Å²) in [6.07, 6.45) is -0.231. The van der Waals surface area contributed by atoms with E-state index >= 15 is 0 Å². The number of carbonyl (C=O) groups excluding carboxylic acids is 2. The maximum absolute atomic E-state index is 12.9. The predicted octanol–water partition coefficient (Wildman–Crippen LogP) is 3.38. The number of carboxylic acid groups (broad SMARTS) is 1. The molecule has 0 aliphatic carbocycles. The highest BCUT2D eigenvalue weighted by Crippen LogP contribution is 2.24. The van der Waals surface area contributed by atoms with Gasteiger partial charge >= 0.3 is 18.2 Å². The topological polar surface area (TPSA) is 134 Å². The van der Waals surface area contributed by atoms with E-state index in [1.54, 1.807) is 54.7 Å². The molecule has 0 bridgehead atoms. The zero-order valence-corrected chi connectivity index (χ0v) is 22.7. The first-order valence-electron chi connectivity index (χ1n) is 10.9. The molecule has 0 aliphatic heterocycles. The molecule has 0 aliphatic rings. The summed E-state index contributed by atoms with van der Waals surface area (Å²) in [5, 5.41) is 9.65. The Labute approximate surface area is 207 Å². The first kappa shape index (κ1) is 30.0. The van der Waals surface area contributed by atoms with Gasteiger partial charge in [-0.05, 0) is 59.2 Å². The maximum atomic E-state index is 12.9. The Morgan fingerprint density at radius 3 is 1.89 bits per heavy atom. The van der Waals surface area contributed by atoms with Crippen LogP contribution in [0.2, 0.25) is 0 Å². The lowest BCUT2D eigenvalue weighted by Crippen LogP contribution is -2.42. The average molecular weight is 516 g/mol. The number of anilines is 1. The van der Waals surface area contributed by atoms with E-state index in [0.717, 1.165) is 10.6 Å². The number of carbonyl (C=O) groups is 3. The highest BCUT2D eigenvalue weighted by atomic mass is 32.2. The van der Waals surface area contributed by atoms with Gasteiger partial charge in [0.1, 0.15) is 11.2 Å². The lowest BCUT2D eigenvalue weighted by molar-refractivity contribution is 0.0152. The van der Waals surface area contributed by atoms with E-state index in [2.05, 4.69) is 0 Å². The summed E-state index contributed by atoms with van der Waals surface area (Å²) >= 11 is 0. The van der Waals surface area contributed by atoms with Crippen molar-refractivity contribution in [2.24, 2.45) is 0 Å². The van der Waals surface area contributed by atoms with Gasteiger partial charge in [0.2, 0.25) is 10.0 Å². The Morgan fingerprint density at radius 2 is 1.43 bits per heavy atom. The number of hydrogen-bond acceptors (Lipinski definition) is 7. The summed E-state index contributed by atoms with van der Waals surface area (Å²) in [6, 6.07) is 4.23. The minimum Gasteiger partial charge on any atom is -0.478 e. The number of benzene rings is 1. The molecule has 11 nitrogen and oxygen atoms in total. The fourth-order valence-electron chi connectivity index (χ4n) is 2.79. The predicted molar refractivity (Wildman–Crippen MR) is 132 cm³/mol. The second-order valence-electron chi connectivity index (χ2n) is 10.2. The summed E-state index contributed by atoms with van der Waals surface area (Å²) < 4.78 is 35.5. The van der Waals surface area contributed by atoms with E-state index in [4.69, 9.17) is 9.47 Å². The van der Waals surface area contributed by atoms with Gasteiger partial charge in [-0.2, -0.15) is 0 Å². The summed E-state index contributed by atoms with van der Waals surface area (Å²) in [5.74, 6) is -1.31. The van der Waals surface area contributed by atoms with E-state index in [0.29, 0.717) is 5.56 Å². The van der Waals surface area contributed by atoms with Gasteiger partial charge in [0.05, 0.1) is 17.5 Å². The van der Waals surface area contributed by atoms with E-state index in [9.17, 15) is 27.9 Å². The largest absolute Gasteiger partial charge is 0.478 e. The van der Waals surface area contributed by atoms with E-state index in [1.807, 2.05) is 0 Å². The Bertz CT molecular complexity index is 1040. The molecule has 0 aromatic heterocycles. The van der Waals surface area contributed by atoms with Gasteiger partial charge in [-0.15, -0.1) is 0 Å². The molecule has 1 aromatic carbocycles. The van der Waals surface area contributed by atoms with Crippen molar-refractivity contribution in [2.75, 3.05) is 37.7 Å². The molecule has 198 valence electrons. The number of likely N-dealkylation sites (N-methyl/N-ethyl adjacent to an activating group) is 1. The first-order valence-corrected chi connectivity index (χ1v) is 12.8. The molecule has 0 unspecified atom stereocenters. The highest BCUT2D eigenvalue weighted by Gasteiger charge is 2.26. The quantitative estimate of drug-likeness (QED) is 0.557. The molecule has 12 heteroatoms. The molecule has 0 saturated heterocycles. The molecular weight excluding hydrogens is 478 g/mol. The van der Waals surface area contributed by atoms with Crippen molar-refractivity contribution in [1.29, 1.82) is 0 Å². The van der Waals surface area contributed by atoms with E-state index in [1.165, 1.54) is 29.0 Å². The number of hydrogen-bond donors (Lipinski definition) is 1. The van der Waals surface area contributed by atoms with Gasteiger partial charge in [-0.25, -0.2) is 22.8 Å². The fraction of sp³-hybridized carbons (Fsp3) is 0.609. The molecule has 0 atom stereocenters. The summed E-state index contributed by atoms with van der Waals surface area (Å²) in [5.41, 5.74) is -1.24. The van der Waals surface area contributed by atoms with Crippen LogP contribution in [0.25, 0.3) is 0 Å². The van der Waals surface area contributed by atoms with Crippen molar-refractivity contribution < 1.29 is 37.4 Å². The van der Waals surface area contributed by atoms with Crippen LogP contribution >= 0.6 is 0 Å². The van der Waals surface area contributed by atoms with Crippen LogP contribution in [0.15, 0.2) is 18.2 Å². The van der Waals surface area contributed by atoms with Crippen molar-refractivity contribution in [1.82, 2.24) is 9.80 Å². The number of aromatic carboxylic acids is 1. The Kier molecular flexibility index (Phi) is 9.56. The molecule has 0 radical (unpaired) electrons. The van der Waals surface area contributed by atoms with Crippen LogP contribution in [0.1, 0.15) is 57.5 Å². The third-order valence-corrected chi connectivity index (χ3v) is 5.76. The van der Waals surface area contributed by atoms with Gasteiger partial charge in [-0.3, -0.25) is 4.31 Å². The molecular formula is C23H37N3O8S. The average Bonchev–Trinajstić information content (AvgIpc) is 2.66. The maximum Gasteiger partial charge on any atom is 0.410 e. The lowest BCUT2D eigenvalue weighted by Gasteiger charge is -2.30. The van der Waals surface area contributed by atoms with Crippen molar-refractivity contribution in [3.8, 4) is 0 Å². The van der Waals surface area contributed by atoms with E-state index in [-0.39, 0.29) is 30.9 Å². The standard InChI is InChI=1S/C23H37N3O8S/c1-22(2,3)33-20(29)24(7)12-13-26(21(30)34-23(4,5)6)15-16-10-11-18(17(14-16)19(27)28)25(8)35(9,31)32/h10-11,14H,12-13,15H2,1-9H3,(H,27,28). The molecule has 0 spiro atoms. The van der Waals surface area contributed by atoms with Crippen LogP contribution in [-0.4, -0.2) is 86.1 Å². The third-order valence-electron chi connectivity index (χ3n) is 4.56. The number of ether oxygens (including phenoxy) is 2. The fourth-order valence-corrected chi connectivity index (χ4v) is 3.31. The SMILES string of the molecule is CN(CCN(Cc1ccc(N(C)S(C)(=O)=O)c(C(=O)O)c1)C(=O)OC(C)(C)C)C(=O)OC(C)(C)C. The minimum absolute atomic E-state index is 0.00257. The number of amides is 2. The van der Waals surface area contributed by atoms with Gasteiger partial charge in [-0.1, -0.05) is 6.07 Å². The zero-order valence-electron chi connectivity index (χ0n) is 21.9. The van der Waals surface area contributed by atoms with Crippen molar-refractivity contribution in [3.05, 3.63) is 29.3 Å². The summed E-state index contributed by atoms with van der Waals surface area (Å²) in [4.78, 5) is 39.6. The summed E-state index contributed by atoms with van der Waals surface area (Å²) in [7, 11) is -0.883. The molecule has 0 fully saturated rings. The number of nitrogens with zero attached hydrogens (tertiary/aromatic N) is 3. The smallest absolute Gasteiger partial charge is 0.410 e. The molecule has 1 aromatic rings. The Balaban J connectivity index is 3.21. The molecule has 0 saturated carbocycles. The van der Waals surface area contributed by atoms with Gasteiger partial charge in [0.25, 0.3) is 0 Å². The van der Waals surface area contributed by atoms with Gasteiger partial charge in [0.15, 0.2) is 0 Å². The minimum atomic E-state index is -3.68. The van der Waals surface area contributed by atoms with Crippen molar-refractivity contribution in [3.63, 3.8) is 0 Å². The Morgan fingerprint density at radius 1 is 0.914 bits per heavy atom. The Hall–Kier alpha value is -3.02. The number of carboxylic acids is 1. The van der Waals surface area contributed by atoms with Crippen LogP contribution in [0.4, 0.5) is 15.3 Å². The second kappa shape index (κ2) is 11.1. The molecule has 1 rings (SSSR count). The molecule has 2 amide bonds. The van der Waals surface area contributed by atoms with Crippen LogP contribution in [0, 0.1) is 0 Å². The second-order valence-corrected chi connectivity index (χ2v) is 12.2. The third kappa shape index (κ3) is 10.0. The van der Waals surface area contributed by atoms with E-state index < -0.39 is 39.4 Å². The summed E-state index contributed by atoms with van der Waals surface area (Å²) in [6.45, 7) is 10.6. The van der Waals surface area contributed by atoms with Gasteiger partial charge in [0, 0.05) is 33.7 Å². The normalized spacial score (nSPS) is 12.0. The monoisotopic (exact) mass is 515 g/mol. The van der Waals surface area contributed by atoms with Crippen LogP contribution in [0.5, 0.6) is 0 Å². The van der Waals surface area contributed by atoms with Crippen LogP contribution < -0.4 is 4.31 Å². The number of sulfonamides is 1. The van der Waals surface area contributed by atoms with Crippen LogP contribution in [-0.2, 0) is 26.0 Å². The highest BCUT2D eigenvalue weighted by molar-refractivity contribution is 7.92. The molecule has 35 heavy (non-hydrogen) atoms. The van der Waals surface area contributed by atoms with Gasteiger partial charge < -0.3 is 24.4 Å². The molecule has 1 N–H and O–H groups in total. The van der Waals surface area contributed by atoms with Crippen molar-refractivity contribution in [2.45, 2.75) is 59.3 Å². The first-order chi connectivity index (χ1) is 15.7. The van der Waals surface area contributed by atoms with Crippen molar-refractivity contribution >= 4 is 33.9 Å². The zero-order chi connectivity index (χ0) is 27.4. The van der Waals surface area contributed by atoms with Crippen LogP contribution in [0.3, 0.4) is 0 Å². The lowest BCUT2D eigenvalue weighted by atomic mass is 10.1.